The Morgan fingerprint density at radius 3 is 2.77 bits per heavy atom. The minimum absolute atomic E-state index is 0.194. The van der Waals surface area contributed by atoms with Gasteiger partial charge in [0, 0.05) is 55.5 Å². The smallest absolute Gasteiger partial charge is 0.313 e. The second-order valence-corrected chi connectivity index (χ2v) is 6.34. The Balaban J connectivity index is 1.63. The third-order valence-electron chi connectivity index (χ3n) is 4.35. The van der Waals surface area contributed by atoms with Crippen molar-refractivity contribution in [3.8, 4) is 0 Å². The number of hydrogen-bond donors (Lipinski definition) is 2. The van der Waals surface area contributed by atoms with Crippen LogP contribution in [0.4, 0.5) is 5.69 Å². The predicted octanol–water partition coefficient (Wildman–Crippen LogP) is 2.08. The van der Waals surface area contributed by atoms with Crippen LogP contribution in [-0.2, 0) is 29.6 Å². The fraction of sp³-hybridized carbons (Fsp3) is 0.316. The van der Waals surface area contributed by atoms with Crippen molar-refractivity contribution < 1.29 is 9.59 Å². The maximum Gasteiger partial charge on any atom is 0.313 e. The van der Waals surface area contributed by atoms with Crippen molar-refractivity contribution in [3.05, 3.63) is 48.7 Å². The zero-order chi connectivity index (χ0) is 18.7. The molecule has 2 N–H and O–H groups in total. The first-order chi connectivity index (χ1) is 12.5. The first-order valence-corrected chi connectivity index (χ1v) is 8.65. The van der Waals surface area contributed by atoms with Gasteiger partial charge in [-0.1, -0.05) is 13.0 Å². The predicted molar refractivity (Wildman–Crippen MR) is 101 cm³/mol. The summed E-state index contributed by atoms with van der Waals surface area (Å²) in [6.07, 6.45) is 6.34. The highest BCUT2D eigenvalue weighted by atomic mass is 16.2. The van der Waals surface area contributed by atoms with Crippen LogP contribution in [0, 0.1) is 0 Å². The Morgan fingerprint density at radius 2 is 2.00 bits per heavy atom. The highest BCUT2D eigenvalue weighted by molar-refractivity contribution is 6.40. The van der Waals surface area contributed by atoms with Gasteiger partial charge in [0.1, 0.15) is 5.82 Å². The Hall–Kier alpha value is -3.09. The van der Waals surface area contributed by atoms with Crippen LogP contribution < -0.4 is 10.6 Å². The number of nitrogens with zero attached hydrogens (tertiary/aromatic N) is 3. The molecule has 1 unspecified atom stereocenters. The minimum Gasteiger partial charge on any atom is -0.350 e. The lowest BCUT2D eigenvalue weighted by Crippen LogP contribution is -2.42. The molecule has 7 nitrogen and oxygen atoms in total. The van der Waals surface area contributed by atoms with E-state index in [1.165, 1.54) is 0 Å². The van der Waals surface area contributed by atoms with Crippen molar-refractivity contribution >= 4 is 28.4 Å². The zero-order valence-electron chi connectivity index (χ0n) is 15.2. The molecule has 0 aliphatic carbocycles. The molecule has 0 bridgehead atoms. The zero-order valence-corrected chi connectivity index (χ0v) is 15.2. The number of nitrogens with one attached hydrogen (secondary N) is 2. The van der Waals surface area contributed by atoms with Crippen molar-refractivity contribution in [1.82, 2.24) is 19.4 Å². The Kier molecular flexibility index (Phi) is 5.06. The van der Waals surface area contributed by atoms with Crippen LogP contribution in [0.5, 0.6) is 0 Å². The molecule has 0 aliphatic heterocycles. The summed E-state index contributed by atoms with van der Waals surface area (Å²) in [5.41, 5.74) is 1.61. The molecule has 0 aliphatic rings. The van der Waals surface area contributed by atoms with E-state index >= 15 is 0 Å². The number of hydrogen-bond acceptors (Lipinski definition) is 3. The number of carbonyl (C=O) groups excluding carboxylic acids is 2. The lowest BCUT2D eigenvalue weighted by atomic mass is 10.2. The van der Waals surface area contributed by atoms with Gasteiger partial charge >= 0.3 is 11.8 Å². The molecule has 1 aromatic carbocycles. The van der Waals surface area contributed by atoms with Gasteiger partial charge in [0.05, 0.1) is 5.69 Å². The molecule has 1 atom stereocenters. The Morgan fingerprint density at radius 1 is 1.19 bits per heavy atom. The fourth-order valence-corrected chi connectivity index (χ4v) is 3.04. The van der Waals surface area contributed by atoms with Crippen molar-refractivity contribution in [1.29, 1.82) is 0 Å². The van der Waals surface area contributed by atoms with Crippen LogP contribution in [0.2, 0.25) is 0 Å². The number of amides is 2. The summed E-state index contributed by atoms with van der Waals surface area (Å²) < 4.78 is 3.94. The topological polar surface area (TPSA) is 80.9 Å². The summed E-state index contributed by atoms with van der Waals surface area (Å²) in [7, 11) is 1.93. The first kappa shape index (κ1) is 17.7. The number of carbonyl (C=O) groups is 2. The highest BCUT2D eigenvalue weighted by Crippen LogP contribution is 2.23. The average Bonchev–Trinajstić information content (AvgIpc) is 3.22. The number of aryl methyl sites for hydroxylation is 2. The van der Waals surface area contributed by atoms with Gasteiger partial charge in [-0.2, -0.15) is 0 Å². The van der Waals surface area contributed by atoms with Crippen molar-refractivity contribution in [3.63, 3.8) is 0 Å². The molecule has 2 aromatic heterocycles. The lowest BCUT2D eigenvalue weighted by Gasteiger charge is -2.16. The standard InChI is InChI=1S/C19H23N5O2/c1-4-17-20-9-11-24(17)12-13(2)21-18(25)19(26)22-15-6-5-7-16-14(15)8-10-23(16)3/h5-11,13H,4,12H2,1-3H3,(H,21,25)(H,22,26). The minimum atomic E-state index is -0.672. The number of aromatic nitrogens is 3. The van der Waals surface area contributed by atoms with E-state index in [0.29, 0.717) is 12.2 Å². The molecule has 2 heterocycles. The first-order valence-electron chi connectivity index (χ1n) is 8.65. The molecule has 0 saturated carbocycles. The van der Waals surface area contributed by atoms with Gasteiger partial charge in [-0.15, -0.1) is 0 Å². The lowest BCUT2D eigenvalue weighted by molar-refractivity contribution is -0.136. The van der Waals surface area contributed by atoms with Gasteiger partial charge in [-0.05, 0) is 25.1 Å². The molecular weight excluding hydrogens is 330 g/mol. The molecule has 3 aromatic rings. The summed E-state index contributed by atoms with van der Waals surface area (Å²) >= 11 is 0. The molecule has 7 heteroatoms. The molecule has 3 rings (SSSR count). The summed E-state index contributed by atoms with van der Waals surface area (Å²) in [4.78, 5) is 28.8. The third kappa shape index (κ3) is 3.61. The van der Waals surface area contributed by atoms with Crippen LogP contribution >= 0.6 is 0 Å². The van der Waals surface area contributed by atoms with Gasteiger partial charge in [0.15, 0.2) is 0 Å². The second kappa shape index (κ2) is 7.43. The van der Waals surface area contributed by atoms with Gasteiger partial charge < -0.3 is 19.8 Å². The van der Waals surface area contributed by atoms with Gasteiger partial charge in [-0.3, -0.25) is 9.59 Å². The maximum atomic E-state index is 12.3. The van der Waals surface area contributed by atoms with Crippen LogP contribution in [0.15, 0.2) is 42.9 Å². The Bertz CT molecular complexity index is 940. The molecule has 26 heavy (non-hydrogen) atoms. The second-order valence-electron chi connectivity index (χ2n) is 6.34. The normalized spacial score (nSPS) is 12.1. The third-order valence-corrected chi connectivity index (χ3v) is 4.35. The number of fused-ring (bicyclic) bond motifs is 1. The van der Waals surface area contributed by atoms with E-state index in [0.717, 1.165) is 23.1 Å². The van der Waals surface area contributed by atoms with E-state index in [-0.39, 0.29) is 6.04 Å². The van der Waals surface area contributed by atoms with Crippen LogP contribution in [-0.4, -0.2) is 32.0 Å². The fourth-order valence-electron chi connectivity index (χ4n) is 3.04. The van der Waals surface area contributed by atoms with Gasteiger partial charge in [-0.25, -0.2) is 4.98 Å². The maximum absolute atomic E-state index is 12.3. The van der Waals surface area contributed by atoms with Crippen molar-refractivity contribution in [2.24, 2.45) is 7.05 Å². The molecule has 136 valence electrons. The van der Waals surface area contributed by atoms with E-state index in [2.05, 4.69) is 15.6 Å². The van der Waals surface area contributed by atoms with E-state index < -0.39 is 11.8 Å². The largest absolute Gasteiger partial charge is 0.350 e. The number of benzene rings is 1. The van der Waals surface area contributed by atoms with Gasteiger partial charge in [0.25, 0.3) is 0 Å². The number of imidazole rings is 1. The summed E-state index contributed by atoms with van der Waals surface area (Å²) in [5.74, 6) is -0.371. The van der Waals surface area contributed by atoms with Gasteiger partial charge in [0.2, 0.25) is 0 Å². The van der Waals surface area contributed by atoms with E-state index in [4.69, 9.17) is 0 Å². The molecule has 0 radical (unpaired) electrons. The van der Waals surface area contributed by atoms with Crippen LogP contribution in [0.25, 0.3) is 10.9 Å². The molecule has 0 saturated heterocycles. The Labute approximate surface area is 152 Å². The SMILES string of the molecule is CCc1nccn1CC(C)NC(=O)C(=O)Nc1cccc2c1ccn2C. The van der Waals surface area contributed by atoms with E-state index in [9.17, 15) is 9.59 Å². The van der Waals surface area contributed by atoms with E-state index in [1.54, 1.807) is 12.3 Å². The summed E-state index contributed by atoms with van der Waals surface area (Å²) in [6, 6.07) is 7.32. The van der Waals surface area contributed by atoms with Crippen molar-refractivity contribution in [2.75, 3.05) is 5.32 Å². The summed E-state index contributed by atoms with van der Waals surface area (Å²) in [6.45, 7) is 4.46. The quantitative estimate of drug-likeness (QED) is 0.689. The highest BCUT2D eigenvalue weighted by Gasteiger charge is 2.18. The molecule has 2 amide bonds. The monoisotopic (exact) mass is 353 g/mol. The van der Waals surface area contributed by atoms with Crippen LogP contribution in [0.1, 0.15) is 19.7 Å². The van der Waals surface area contributed by atoms with Crippen LogP contribution in [0.3, 0.4) is 0 Å². The average molecular weight is 353 g/mol. The van der Waals surface area contributed by atoms with E-state index in [1.807, 2.05) is 60.6 Å². The number of rotatable bonds is 5. The van der Waals surface area contributed by atoms with Crippen molar-refractivity contribution in [2.45, 2.75) is 32.9 Å². The summed E-state index contributed by atoms with van der Waals surface area (Å²) in [5, 5.41) is 6.34. The molecule has 0 fully saturated rings. The molecule has 0 spiro atoms. The molecular formula is C19H23N5O2. The number of anilines is 1.